The van der Waals surface area contributed by atoms with E-state index in [-0.39, 0.29) is 5.60 Å². The SMILES string of the molecule is COC1(COc2ccc(C)cc2C)CCN(C2CCCCC2)CC1. The summed E-state index contributed by atoms with van der Waals surface area (Å²) in [6.07, 6.45) is 9.17. The van der Waals surface area contributed by atoms with Crippen LogP contribution >= 0.6 is 0 Å². The summed E-state index contributed by atoms with van der Waals surface area (Å²) in [6.45, 7) is 7.19. The Kier molecular flexibility index (Phi) is 5.83. The first-order valence-corrected chi connectivity index (χ1v) is 9.61. The molecule has 0 radical (unpaired) electrons. The lowest BCUT2D eigenvalue weighted by atomic mass is 9.88. The molecular formula is C21H33NO2. The lowest BCUT2D eigenvalue weighted by molar-refractivity contribution is -0.0898. The molecule has 1 saturated carbocycles. The molecule has 1 aromatic carbocycles. The van der Waals surface area contributed by atoms with Crippen molar-refractivity contribution >= 4 is 0 Å². The van der Waals surface area contributed by atoms with Crippen molar-refractivity contribution in [3.63, 3.8) is 0 Å². The summed E-state index contributed by atoms with van der Waals surface area (Å²) in [6, 6.07) is 7.20. The third-order valence-electron chi connectivity index (χ3n) is 6.05. The van der Waals surface area contributed by atoms with Crippen molar-refractivity contribution < 1.29 is 9.47 Å². The molecule has 134 valence electrons. The zero-order valence-electron chi connectivity index (χ0n) is 15.6. The molecule has 0 atom stereocenters. The Hall–Kier alpha value is -1.06. The fourth-order valence-electron chi connectivity index (χ4n) is 4.32. The van der Waals surface area contributed by atoms with Crippen LogP contribution in [-0.2, 0) is 4.74 Å². The molecule has 2 aliphatic rings. The van der Waals surface area contributed by atoms with Gasteiger partial charge in [-0.25, -0.2) is 0 Å². The van der Waals surface area contributed by atoms with Gasteiger partial charge in [-0.05, 0) is 51.2 Å². The smallest absolute Gasteiger partial charge is 0.122 e. The number of nitrogens with zero attached hydrogens (tertiary/aromatic N) is 1. The van der Waals surface area contributed by atoms with E-state index >= 15 is 0 Å². The van der Waals surface area contributed by atoms with Crippen molar-refractivity contribution in [3.05, 3.63) is 29.3 Å². The van der Waals surface area contributed by atoms with Gasteiger partial charge in [0.05, 0.1) is 0 Å². The van der Waals surface area contributed by atoms with Crippen molar-refractivity contribution in [2.75, 3.05) is 26.8 Å². The average Bonchev–Trinajstić information content (AvgIpc) is 2.62. The van der Waals surface area contributed by atoms with E-state index in [1.54, 1.807) is 0 Å². The number of hydrogen-bond acceptors (Lipinski definition) is 3. The molecule has 3 nitrogen and oxygen atoms in total. The van der Waals surface area contributed by atoms with Gasteiger partial charge in [-0.2, -0.15) is 0 Å². The largest absolute Gasteiger partial charge is 0.490 e. The topological polar surface area (TPSA) is 21.7 Å². The summed E-state index contributed by atoms with van der Waals surface area (Å²) < 4.78 is 12.1. The van der Waals surface area contributed by atoms with Crippen LogP contribution in [0.5, 0.6) is 5.75 Å². The molecule has 0 N–H and O–H groups in total. The highest BCUT2D eigenvalue weighted by Crippen LogP contribution is 2.32. The molecule has 0 spiro atoms. The molecule has 0 unspecified atom stereocenters. The monoisotopic (exact) mass is 331 g/mol. The second-order valence-electron chi connectivity index (χ2n) is 7.77. The Bertz CT molecular complexity index is 529. The molecule has 0 aromatic heterocycles. The highest BCUT2D eigenvalue weighted by molar-refractivity contribution is 5.35. The van der Waals surface area contributed by atoms with E-state index < -0.39 is 0 Å². The predicted molar refractivity (Wildman–Crippen MR) is 98.8 cm³/mol. The van der Waals surface area contributed by atoms with Crippen molar-refractivity contribution in [1.82, 2.24) is 4.90 Å². The van der Waals surface area contributed by atoms with Crippen LogP contribution in [0.25, 0.3) is 0 Å². The minimum absolute atomic E-state index is 0.123. The molecule has 1 aliphatic carbocycles. The molecule has 3 heteroatoms. The van der Waals surface area contributed by atoms with E-state index in [0.29, 0.717) is 6.61 Å². The number of rotatable bonds is 5. The standard InChI is InChI=1S/C21H33NO2/c1-17-9-10-20(18(2)15-17)24-16-21(23-3)11-13-22(14-12-21)19-7-5-4-6-8-19/h9-10,15,19H,4-8,11-14,16H2,1-3H3. The molecule has 0 amide bonds. The first-order chi connectivity index (χ1) is 11.6. The second kappa shape index (κ2) is 7.88. The number of likely N-dealkylation sites (tertiary alicyclic amines) is 1. The van der Waals surface area contributed by atoms with Gasteiger partial charge in [0.1, 0.15) is 18.0 Å². The van der Waals surface area contributed by atoms with Crippen LogP contribution in [-0.4, -0.2) is 43.3 Å². The quantitative estimate of drug-likeness (QED) is 0.793. The van der Waals surface area contributed by atoms with E-state index in [4.69, 9.17) is 9.47 Å². The van der Waals surface area contributed by atoms with Crippen LogP contribution in [0.1, 0.15) is 56.1 Å². The first-order valence-electron chi connectivity index (χ1n) is 9.61. The van der Waals surface area contributed by atoms with Gasteiger partial charge in [-0.15, -0.1) is 0 Å². The summed E-state index contributed by atoms with van der Waals surface area (Å²) in [4.78, 5) is 2.70. The van der Waals surface area contributed by atoms with Gasteiger partial charge in [0.25, 0.3) is 0 Å². The van der Waals surface area contributed by atoms with Crippen molar-refractivity contribution in [2.24, 2.45) is 0 Å². The maximum absolute atomic E-state index is 6.16. The molecule has 1 heterocycles. The van der Waals surface area contributed by atoms with Gasteiger partial charge in [0.2, 0.25) is 0 Å². The molecule has 2 fully saturated rings. The Labute approximate surface area is 147 Å². The lowest BCUT2D eigenvalue weighted by Gasteiger charge is -2.44. The van der Waals surface area contributed by atoms with Gasteiger partial charge in [0.15, 0.2) is 0 Å². The Morgan fingerprint density at radius 3 is 2.42 bits per heavy atom. The number of hydrogen-bond donors (Lipinski definition) is 0. The molecule has 0 bridgehead atoms. The van der Waals surface area contributed by atoms with E-state index in [2.05, 4.69) is 36.9 Å². The average molecular weight is 332 g/mol. The van der Waals surface area contributed by atoms with Crippen molar-refractivity contribution in [2.45, 2.75) is 70.4 Å². The van der Waals surface area contributed by atoms with E-state index in [1.165, 1.54) is 43.2 Å². The van der Waals surface area contributed by atoms with Gasteiger partial charge < -0.3 is 14.4 Å². The fourth-order valence-corrected chi connectivity index (χ4v) is 4.32. The first kappa shape index (κ1) is 17.8. The Balaban J connectivity index is 1.55. The molecule has 1 aliphatic heterocycles. The van der Waals surface area contributed by atoms with Crippen LogP contribution in [0.2, 0.25) is 0 Å². The van der Waals surface area contributed by atoms with Crippen LogP contribution in [0.15, 0.2) is 18.2 Å². The summed E-state index contributed by atoms with van der Waals surface area (Å²) in [5.74, 6) is 0.992. The van der Waals surface area contributed by atoms with E-state index in [1.807, 2.05) is 7.11 Å². The molecule has 24 heavy (non-hydrogen) atoms. The fraction of sp³-hybridized carbons (Fsp3) is 0.714. The lowest BCUT2D eigenvalue weighted by Crippen LogP contribution is -2.52. The maximum Gasteiger partial charge on any atom is 0.122 e. The highest BCUT2D eigenvalue weighted by atomic mass is 16.5. The van der Waals surface area contributed by atoms with Crippen LogP contribution in [0.4, 0.5) is 0 Å². The predicted octanol–water partition coefficient (Wildman–Crippen LogP) is 4.50. The molecular weight excluding hydrogens is 298 g/mol. The van der Waals surface area contributed by atoms with Crippen molar-refractivity contribution in [1.29, 1.82) is 0 Å². The van der Waals surface area contributed by atoms with Gasteiger partial charge in [0, 0.05) is 26.2 Å². The van der Waals surface area contributed by atoms with Crippen molar-refractivity contribution in [3.8, 4) is 5.75 Å². The maximum atomic E-state index is 6.16. The summed E-state index contributed by atoms with van der Waals surface area (Å²) in [7, 11) is 1.85. The second-order valence-corrected chi connectivity index (χ2v) is 7.77. The van der Waals surface area contributed by atoms with E-state index in [0.717, 1.165) is 37.7 Å². The third kappa shape index (κ3) is 4.12. The van der Waals surface area contributed by atoms with Gasteiger partial charge in [-0.3, -0.25) is 0 Å². The summed E-state index contributed by atoms with van der Waals surface area (Å²) >= 11 is 0. The number of methoxy groups -OCH3 is 1. The number of aryl methyl sites for hydroxylation is 2. The third-order valence-corrected chi connectivity index (χ3v) is 6.05. The number of benzene rings is 1. The highest BCUT2D eigenvalue weighted by Gasteiger charge is 2.37. The van der Waals surface area contributed by atoms with Crippen LogP contribution < -0.4 is 4.74 Å². The summed E-state index contributed by atoms with van der Waals surface area (Å²) in [5, 5.41) is 0. The van der Waals surface area contributed by atoms with Gasteiger partial charge >= 0.3 is 0 Å². The van der Waals surface area contributed by atoms with Gasteiger partial charge in [-0.1, -0.05) is 37.0 Å². The Morgan fingerprint density at radius 1 is 1.08 bits per heavy atom. The molecule has 1 saturated heterocycles. The molecule has 3 rings (SSSR count). The Morgan fingerprint density at radius 2 is 1.79 bits per heavy atom. The van der Waals surface area contributed by atoms with Crippen LogP contribution in [0, 0.1) is 13.8 Å². The van der Waals surface area contributed by atoms with E-state index in [9.17, 15) is 0 Å². The normalized spacial score (nSPS) is 22.5. The number of piperidine rings is 1. The zero-order valence-corrected chi connectivity index (χ0v) is 15.6. The molecule has 1 aromatic rings. The number of ether oxygens (including phenoxy) is 2. The minimum atomic E-state index is -0.123. The van der Waals surface area contributed by atoms with Crippen LogP contribution in [0.3, 0.4) is 0 Å². The minimum Gasteiger partial charge on any atom is -0.490 e. The zero-order chi connectivity index (χ0) is 17.0. The summed E-state index contributed by atoms with van der Waals surface area (Å²) in [5.41, 5.74) is 2.37.